The highest BCUT2D eigenvalue weighted by atomic mass is 16.4. The number of carbonyl (C=O) groups excluding carboxylic acids is 1. The number of carboxylic acids is 1. The zero-order valence-corrected chi connectivity index (χ0v) is 12.5. The Bertz CT molecular complexity index is 463. The lowest BCUT2D eigenvalue weighted by molar-refractivity contribution is -0.139. The molecule has 0 spiro atoms. The first-order chi connectivity index (χ1) is 9.31. The molecule has 0 heterocycles. The lowest BCUT2D eigenvalue weighted by atomic mass is 10.0. The van der Waals surface area contributed by atoms with Crippen LogP contribution >= 0.6 is 0 Å². The Morgan fingerprint density at radius 3 is 2.05 bits per heavy atom. The highest BCUT2D eigenvalue weighted by Gasteiger charge is 2.21. The SMILES string of the molecule is CC(C)C[C@H](NC(=O)c1ccc(C(C)C)cc1)C(=O)O. The summed E-state index contributed by atoms with van der Waals surface area (Å²) in [6.45, 7) is 8.02. The molecule has 0 aliphatic carbocycles. The minimum absolute atomic E-state index is 0.208. The molecule has 0 aliphatic heterocycles. The van der Waals surface area contributed by atoms with Crippen LogP contribution in [0.5, 0.6) is 0 Å². The number of hydrogen-bond acceptors (Lipinski definition) is 2. The summed E-state index contributed by atoms with van der Waals surface area (Å²) in [5, 5.41) is 11.7. The predicted octanol–water partition coefficient (Wildman–Crippen LogP) is 3.04. The predicted molar refractivity (Wildman–Crippen MR) is 78.9 cm³/mol. The number of benzene rings is 1. The van der Waals surface area contributed by atoms with E-state index in [0.29, 0.717) is 17.9 Å². The number of rotatable bonds is 6. The van der Waals surface area contributed by atoms with Gasteiger partial charge in [0.15, 0.2) is 0 Å². The molecule has 20 heavy (non-hydrogen) atoms. The minimum Gasteiger partial charge on any atom is -0.480 e. The number of carboxylic acid groups (broad SMARTS) is 1. The van der Waals surface area contributed by atoms with Crippen LogP contribution in [0.4, 0.5) is 0 Å². The van der Waals surface area contributed by atoms with Gasteiger partial charge in [0.2, 0.25) is 0 Å². The maximum absolute atomic E-state index is 12.0. The molecular weight excluding hydrogens is 254 g/mol. The topological polar surface area (TPSA) is 66.4 Å². The van der Waals surface area contributed by atoms with E-state index in [0.717, 1.165) is 5.56 Å². The van der Waals surface area contributed by atoms with Crippen LogP contribution in [-0.4, -0.2) is 23.0 Å². The van der Waals surface area contributed by atoms with Crippen molar-refractivity contribution in [2.75, 3.05) is 0 Å². The van der Waals surface area contributed by atoms with Crippen molar-refractivity contribution in [1.82, 2.24) is 5.32 Å². The number of nitrogens with one attached hydrogen (secondary N) is 1. The lowest BCUT2D eigenvalue weighted by Crippen LogP contribution is -2.41. The van der Waals surface area contributed by atoms with Crippen molar-refractivity contribution in [3.63, 3.8) is 0 Å². The number of aliphatic carboxylic acids is 1. The van der Waals surface area contributed by atoms with E-state index in [9.17, 15) is 9.59 Å². The van der Waals surface area contributed by atoms with Crippen molar-refractivity contribution in [2.24, 2.45) is 5.92 Å². The quantitative estimate of drug-likeness (QED) is 0.840. The van der Waals surface area contributed by atoms with Gasteiger partial charge in [0.05, 0.1) is 0 Å². The lowest BCUT2D eigenvalue weighted by Gasteiger charge is -2.16. The largest absolute Gasteiger partial charge is 0.480 e. The van der Waals surface area contributed by atoms with Gasteiger partial charge in [-0.2, -0.15) is 0 Å². The van der Waals surface area contributed by atoms with Crippen molar-refractivity contribution in [1.29, 1.82) is 0 Å². The molecule has 1 atom stereocenters. The van der Waals surface area contributed by atoms with Gasteiger partial charge in [0, 0.05) is 5.56 Å². The van der Waals surface area contributed by atoms with Gasteiger partial charge >= 0.3 is 5.97 Å². The molecule has 0 aromatic heterocycles. The van der Waals surface area contributed by atoms with Gasteiger partial charge < -0.3 is 10.4 Å². The van der Waals surface area contributed by atoms with E-state index in [2.05, 4.69) is 19.2 Å². The molecule has 0 aliphatic rings. The van der Waals surface area contributed by atoms with Crippen molar-refractivity contribution in [3.8, 4) is 0 Å². The number of amides is 1. The number of hydrogen-bond donors (Lipinski definition) is 2. The fraction of sp³-hybridized carbons (Fsp3) is 0.500. The van der Waals surface area contributed by atoms with Gasteiger partial charge in [0.25, 0.3) is 5.91 Å². The van der Waals surface area contributed by atoms with Crippen LogP contribution in [0.3, 0.4) is 0 Å². The van der Waals surface area contributed by atoms with E-state index in [1.54, 1.807) is 12.1 Å². The molecule has 1 rings (SSSR count). The number of carbonyl (C=O) groups is 2. The summed E-state index contributed by atoms with van der Waals surface area (Å²) < 4.78 is 0. The molecule has 0 radical (unpaired) electrons. The molecule has 4 heteroatoms. The van der Waals surface area contributed by atoms with Crippen molar-refractivity contribution in [2.45, 2.75) is 46.1 Å². The van der Waals surface area contributed by atoms with Crippen LogP contribution in [-0.2, 0) is 4.79 Å². The summed E-state index contributed by atoms with van der Waals surface area (Å²) >= 11 is 0. The smallest absolute Gasteiger partial charge is 0.326 e. The first kappa shape index (κ1) is 16.2. The Morgan fingerprint density at radius 1 is 1.10 bits per heavy atom. The van der Waals surface area contributed by atoms with Gasteiger partial charge in [-0.15, -0.1) is 0 Å². The Hall–Kier alpha value is -1.84. The first-order valence-electron chi connectivity index (χ1n) is 6.95. The van der Waals surface area contributed by atoms with E-state index in [1.165, 1.54) is 0 Å². The van der Waals surface area contributed by atoms with E-state index in [-0.39, 0.29) is 11.8 Å². The van der Waals surface area contributed by atoms with E-state index in [1.807, 2.05) is 26.0 Å². The molecular formula is C16H23NO3. The third-order valence-electron chi connectivity index (χ3n) is 3.15. The fourth-order valence-electron chi connectivity index (χ4n) is 1.95. The van der Waals surface area contributed by atoms with E-state index >= 15 is 0 Å². The first-order valence-corrected chi connectivity index (χ1v) is 6.95. The fourth-order valence-corrected chi connectivity index (χ4v) is 1.95. The molecule has 0 saturated heterocycles. The molecule has 4 nitrogen and oxygen atoms in total. The molecule has 0 fully saturated rings. The second kappa shape index (κ2) is 7.08. The summed E-state index contributed by atoms with van der Waals surface area (Å²) in [4.78, 5) is 23.2. The van der Waals surface area contributed by atoms with Gasteiger partial charge in [0.1, 0.15) is 6.04 Å². The maximum Gasteiger partial charge on any atom is 0.326 e. The van der Waals surface area contributed by atoms with Gasteiger partial charge in [-0.25, -0.2) is 4.79 Å². The van der Waals surface area contributed by atoms with E-state index in [4.69, 9.17) is 5.11 Å². The summed E-state index contributed by atoms with van der Waals surface area (Å²) in [5.74, 6) is -0.723. The highest BCUT2D eigenvalue weighted by Crippen LogP contribution is 2.15. The molecule has 1 amide bonds. The Labute approximate surface area is 120 Å². The van der Waals surface area contributed by atoms with Gasteiger partial charge in [-0.05, 0) is 36.0 Å². The Morgan fingerprint density at radius 2 is 1.65 bits per heavy atom. The second-order valence-electron chi connectivity index (χ2n) is 5.77. The standard InChI is InChI=1S/C16H23NO3/c1-10(2)9-14(16(19)20)17-15(18)13-7-5-12(6-8-13)11(3)4/h5-8,10-11,14H,9H2,1-4H3,(H,17,18)(H,19,20)/t14-/m0/s1. The second-order valence-corrected chi connectivity index (χ2v) is 5.77. The molecule has 2 N–H and O–H groups in total. The molecule has 0 saturated carbocycles. The zero-order chi connectivity index (χ0) is 15.3. The molecule has 1 aromatic rings. The van der Waals surface area contributed by atoms with Crippen LogP contribution in [0.15, 0.2) is 24.3 Å². The molecule has 1 aromatic carbocycles. The van der Waals surface area contributed by atoms with Crippen LogP contribution in [0, 0.1) is 5.92 Å². The monoisotopic (exact) mass is 277 g/mol. The third-order valence-corrected chi connectivity index (χ3v) is 3.15. The summed E-state index contributed by atoms with van der Waals surface area (Å²) in [5.41, 5.74) is 1.64. The minimum atomic E-state index is -0.995. The Balaban J connectivity index is 2.76. The summed E-state index contributed by atoms with van der Waals surface area (Å²) in [6.07, 6.45) is 0.422. The maximum atomic E-state index is 12.0. The van der Waals surface area contributed by atoms with Crippen LogP contribution in [0.1, 0.15) is 56.0 Å². The molecule has 0 unspecified atom stereocenters. The van der Waals surface area contributed by atoms with Crippen molar-refractivity contribution >= 4 is 11.9 Å². The Kier molecular flexibility index (Phi) is 5.74. The molecule has 110 valence electrons. The highest BCUT2D eigenvalue weighted by molar-refractivity contribution is 5.96. The van der Waals surface area contributed by atoms with Gasteiger partial charge in [-0.1, -0.05) is 39.8 Å². The third kappa shape index (κ3) is 4.68. The molecule has 0 bridgehead atoms. The van der Waals surface area contributed by atoms with Crippen LogP contribution < -0.4 is 5.32 Å². The van der Waals surface area contributed by atoms with Crippen molar-refractivity contribution in [3.05, 3.63) is 35.4 Å². The average Bonchev–Trinajstić information content (AvgIpc) is 2.37. The van der Waals surface area contributed by atoms with Crippen LogP contribution in [0.25, 0.3) is 0 Å². The average molecular weight is 277 g/mol. The van der Waals surface area contributed by atoms with E-state index < -0.39 is 12.0 Å². The van der Waals surface area contributed by atoms with Gasteiger partial charge in [-0.3, -0.25) is 4.79 Å². The summed E-state index contributed by atoms with van der Waals surface area (Å²) in [7, 11) is 0. The summed E-state index contributed by atoms with van der Waals surface area (Å²) in [6, 6.07) is 6.43. The zero-order valence-electron chi connectivity index (χ0n) is 12.5. The van der Waals surface area contributed by atoms with Crippen LogP contribution in [0.2, 0.25) is 0 Å². The van der Waals surface area contributed by atoms with Crippen molar-refractivity contribution < 1.29 is 14.7 Å². The normalized spacial score (nSPS) is 12.5.